The fourth-order valence-electron chi connectivity index (χ4n) is 2.28. The van der Waals surface area contributed by atoms with Crippen LogP contribution in [0.4, 0.5) is 11.4 Å². The highest BCUT2D eigenvalue weighted by atomic mass is 32.2. The summed E-state index contributed by atoms with van der Waals surface area (Å²) in [4.78, 5) is 14.5. The van der Waals surface area contributed by atoms with Crippen molar-refractivity contribution in [2.75, 3.05) is 29.1 Å². The average Bonchev–Trinajstić information content (AvgIpc) is 2.41. The summed E-state index contributed by atoms with van der Waals surface area (Å²) in [5, 5.41) is 2.94. The van der Waals surface area contributed by atoms with Crippen LogP contribution in [0.15, 0.2) is 24.3 Å². The van der Waals surface area contributed by atoms with Crippen molar-refractivity contribution in [3.05, 3.63) is 24.3 Å². The molecular formula is C14H21N3OS. The normalized spacial score (nSPS) is 21.9. The van der Waals surface area contributed by atoms with Gasteiger partial charge >= 0.3 is 0 Å². The predicted molar refractivity (Wildman–Crippen MR) is 82.4 cm³/mol. The molecule has 4 nitrogen and oxygen atoms in total. The third-order valence-corrected chi connectivity index (χ3v) is 4.66. The van der Waals surface area contributed by atoms with Gasteiger partial charge in [0.2, 0.25) is 5.91 Å². The average molecular weight is 279 g/mol. The Morgan fingerprint density at radius 3 is 2.79 bits per heavy atom. The molecule has 3 N–H and O–H groups in total. The Morgan fingerprint density at radius 2 is 2.16 bits per heavy atom. The summed E-state index contributed by atoms with van der Waals surface area (Å²) in [5.41, 5.74) is 7.13. The van der Waals surface area contributed by atoms with Crippen LogP contribution in [0.3, 0.4) is 0 Å². The van der Waals surface area contributed by atoms with Crippen LogP contribution in [0, 0.1) is 0 Å². The number of carbonyl (C=O) groups is 1. The van der Waals surface area contributed by atoms with Gasteiger partial charge in [0.1, 0.15) is 0 Å². The monoisotopic (exact) mass is 279 g/mol. The van der Waals surface area contributed by atoms with Crippen LogP contribution in [0.1, 0.15) is 13.8 Å². The number of thioether (sulfide) groups is 1. The van der Waals surface area contributed by atoms with E-state index in [9.17, 15) is 4.79 Å². The summed E-state index contributed by atoms with van der Waals surface area (Å²) in [7, 11) is 0. The van der Waals surface area contributed by atoms with Gasteiger partial charge in [0.15, 0.2) is 0 Å². The SMILES string of the molecule is CC1CSCCN1C(C)C(=O)Nc1ccc(N)cc1. The molecule has 0 spiro atoms. The van der Waals surface area contributed by atoms with Gasteiger partial charge < -0.3 is 11.1 Å². The number of anilines is 2. The number of nitrogens with two attached hydrogens (primary N) is 1. The Kier molecular flexibility index (Phi) is 4.71. The zero-order chi connectivity index (χ0) is 13.8. The Balaban J connectivity index is 1.96. The molecule has 1 aromatic carbocycles. The quantitative estimate of drug-likeness (QED) is 0.831. The lowest BCUT2D eigenvalue weighted by atomic mass is 10.2. The van der Waals surface area contributed by atoms with Crippen molar-refractivity contribution >= 4 is 29.0 Å². The van der Waals surface area contributed by atoms with E-state index in [4.69, 9.17) is 5.73 Å². The van der Waals surface area contributed by atoms with Crippen LogP contribution in [0.2, 0.25) is 0 Å². The molecule has 2 rings (SSSR count). The number of hydrogen-bond acceptors (Lipinski definition) is 4. The largest absolute Gasteiger partial charge is 0.399 e. The molecule has 19 heavy (non-hydrogen) atoms. The van der Waals surface area contributed by atoms with Gasteiger partial charge in [-0.15, -0.1) is 0 Å². The zero-order valence-electron chi connectivity index (χ0n) is 11.4. The lowest BCUT2D eigenvalue weighted by Crippen LogP contribution is -2.50. The van der Waals surface area contributed by atoms with Gasteiger partial charge in [0.05, 0.1) is 6.04 Å². The number of nitrogens with one attached hydrogen (secondary N) is 1. The Morgan fingerprint density at radius 1 is 1.47 bits per heavy atom. The number of hydrogen-bond donors (Lipinski definition) is 2. The molecule has 0 aliphatic carbocycles. The highest BCUT2D eigenvalue weighted by Crippen LogP contribution is 2.19. The van der Waals surface area contributed by atoms with E-state index in [0.717, 1.165) is 23.7 Å². The zero-order valence-corrected chi connectivity index (χ0v) is 12.2. The first-order valence-electron chi connectivity index (χ1n) is 6.58. The molecule has 1 saturated heterocycles. The lowest BCUT2D eigenvalue weighted by molar-refractivity contribution is -0.121. The molecule has 2 unspecified atom stereocenters. The Labute approximate surface area is 118 Å². The first kappa shape index (κ1) is 14.2. The molecule has 0 aromatic heterocycles. The summed E-state index contributed by atoms with van der Waals surface area (Å²) in [5.74, 6) is 2.24. The van der Waals surface area contributed by atoms with E-state index in [2.05, 4.69) is 17.1 Å². The van der Waals surface area contributed by atoms with Gasteiger partial charge in [-0.05, 0) is 38.1 Å². The van der Waals surface area contributed by atoms with E-state index in [1.54, 1.807) is 12.1 Å². The second-order valence-corrected chi connectivity index (χ2v) is 6.10. The molecular weight excluding hydrogens is 258 g/mol. The molecule has 0 radical (unpaired) electrons. The van der Waals surface area contributed by atoms with Crippen LogP contribution >= 0.6 is 11.8 Å². The van der Waals surface area contributed by atoms with Crippen LogP contribution in [-0.4, -0.2) is 40.9 Å². The molecule has 1 fully saturated rings. The second kappa shape index (κ2) is 6.30. The van der Waals surface area contributed by atoms with Crippen LogP contribution < -0.4 is 11.1 Å². The minimum Gasteiger partial charge on any atom is -0.399 e. The molecule has 1 aliphatic heterocycles. The lowest BCUT2D eigenvalue weighted by Gasteiger charge is -2.36. The molecule has 1 aliphatic rings. The number of benzene rings is 1. The number of amides is 1. The third-order valence-electron chi connectivity index (χ3n) is 3.47. The smallest absolute Gasteiger partial charge is 0.241 e. The maximum atomic E-state index is 12.3. The third kappa shape index (κ3) is 3.64. The van der Waals surface area contributed by atoms with Gasteiger partial charge in [0, 0.05) is 35.5 Å². The van der Waals surface area contributed by atoms with Gasteiger partial charge in [0.25, 0.3) is 0 Å². The second-order valence-electron chi connectivity index (χ2n) is 4.95. The fraction of sp³-hybridized carbons (Fsp3) is 0.500. The van der Waals surface area contributed by atoms with E-state index in [0.29, 0.717) is 11.7 Å². The van der Waals surface area contributed by atoms with Crippen molar-refractivity contribution in [2.45, 2.75) is 25.9 Å². The summed E-state index contributed by atoms with van der Waals surface area (Å²) in [6.07, 6.45) is 0. The van der Waals surface area contributed by atoms with Gasteiger partial charge in [-0.1, -0.05) is 0 Å². The minimum atomic E-state index is -0.103. The number of nitrogen functional groups attached to an aromatic ring is 1. The van der Waals surface area contributed by atoms with Gasteiger partial charge in [-0.25, -0.2) is 0 Å². The van der Waals surface area contributed by atoms with Crippen molar-refractivity contribution in [3.63, 3.8) is 0 Å². The number of rotatable bonds is 3. The van der Waals surface area contributed by atoms with Crippen molar-refractivity contribution in [1.82, 2.24) is 4.90 Å². The molecule has 1 heterocycles. The highest BCUT2D eigenvalue weighted by molar-refractivity contribution is 7.99. The summed E-state index contributed by atoms with van der Waals surface area (Å²) in [6, 6.07) is 7.59. The van der Waals surface area contributed by atoms with E-state index in [1.165, 1.54) is 0 Å². The van der Waals surface area contributed by atoms with E-state index in [-0.39, 0.29) is 11.9 Å². The van der Waals surface area contributed by atoms with Crippen molar-refractivity contribution in [3.8, 4) is 0 Å². The first-order valence-corrected chi connectivity index (χ1v) is 7.73. The fourth-order valence-corrected chi connectivity index (χ4v) is 3.32. The summed E-state index contributed by atoms with van der Waals surface area (Å²) in [6.45, 7) is 5.13. The van der Waals surface area contributed by atoms with Crippen LogP contribution in [0.5, 0.6) is 0 Å². The van der Waals surface area contributed by atoms with Crippen LogP contribution in [-0.2, 0) is 4.79 Å². The van der Waals surface area contributed by atoms with E-state index in [1.807, 2.05) is 30.8 Å². The molecule has 1 amide bonds. The summed E-state index contributed by atoms with van der Waals surface area (Å²) < 4.78 is 0. The standard InChI is InChI=1S/C14H21N3OS/c1-10-9-19-8-7-17(10)11(2)14(18)16-13-5-3-12(15)4-6-13/h3-6,10-11H,7-9,15H2,1-2H3,(H,16,18). The van der Waals surface area contributed by atoms with E-state index < -0.39 is 0 Å². The van der Waals surface area contributed by atoms with Crippen molar-refractivity contribution < 1.29 is 4.79 Å². The molecule has 0 saturated carbocycles. The number of carbonyl (C=O) groups excluding carboxylic acids is 1. The maximum absolute atomic E-state index is 12.3. The van der Waals surface area contributed by atoms with E-state index >= 15 is 0 Å². The van der Waals surface area contributed by atoms with Crippen molar-refractivity contribution in [2.24, 2.45) is 0 Å². The van der Waals surface area contributed by atoms with Gasteiger partial charge in [-0.3, -0.25) is 9.69 Å². The Hall–Kier alpha value is -1.20. The minimum absolute atomic E-state index is 0.0449. The predicted octanol–water partition coefficient (Wildman–Crippen LogP) is 2.03. The van der Waals surface area contributed by atoms with Gasteiger partial charge in [-0.2, -0.15) is 11.8 Å². The number of nitrogens with zero attached hydrogens (tertiary/aromatic N) is 1. The Bertz CT molecular complexity index is 435. The molecule has 0 bridgehead atoms. The molecule has 104 valence electrons. The topological polar surface area (TPSA) is 58.4 Å². The highest BCUT2D eigenvalue weighted by Gasteiger charge is 2.27. The molecule has 1 aromatic rings. The first-order chi connectivity index (χ1) is 9.08. The van der Waals surface area contributed by atoms with Crippen LogP contribution in [0.25, 0.3) is 0 Å². The molecule has 2 atom stereocenters. The maximum Gasteiger partial charge on any atom is 0.241 e. The van der Waals surface area contributed by atoms with Crippen molar-refractivity contribution in [1.29, 1.82) is 0 Å². The summed E-state index contributed by atoms with van der Waals surface area (Å²) >= 11 is 1.95. The molecule has 5 heteroatoms.